The van der Waals surface area contributed by atoms with Crippen molar-refractivity contribution in [1.82, 2.24) is 10.6 Å². The molecule has 31 heavy (non-hydrogen) atoms. The number of hydrogen-bond acceptors (Lipinski definition) is 4. The summed E-state index contributed by atoms with van der Waals surface area (Å²) in [5, 5.41) is 6.51. The zero-order valence-electron chi connectivity index (χ0n) is 18.4. The molecule has 0 saturated heterocycles. The molecule has 0 aromatic heterocycles. The Morgan fingerprint density at radius 2 is 1.77 bits per heavy atom. The van der Waals surface area contributed by atoms with Gasteiger partial charge >= 0.3 is 0 Å². The Kier molecular flexibility index (Phi) is 13.8. The van der Waals surface area contributed by atoms with Crippen molar-refractivity contribution in [3.8, 4) is 5.75 Å². The van der Waals surface area contributed by atoms with Gasteiger partial charge in [0.1, 0.15) is 17.7 Å². The minimum Gasteiger partial charge on any atom is -0.489 e. The van der Waals surface area contributed by atoms with Gasteiger partial charge < -0.3 is 24.8 Å². The highest BCUT2D eigenvalue weighted by Crippen LogP contribution is 2.13. The first-order valence-electron chi connectivity index (χ1n) is 10.2. The summed E-state index contributed by atoms with van der Waals surface area (Å²) in [5.74, 6) is 0.864. The Morgan fingerprint density at radius 3 is 2.52 bits per heavy atom. The van der Waals surface area contributed by atoms with Crippen LogP contribution in [0.2, 0.25) is 0 Å². The number of benzene rings is 2. The van der Waals surface area contributed by atoms with Gasteiger partial charge in [-0.3, -0.25) is 4.99 Å². The van der Waals surface area contributed by atoms with E-state index in [2.05, 4.69) is 27.8 Å². The predicted octanol–water partition coefficient (Wildman–Crippen LogP) is 4.13. The number of nitrogens with one attached hydrogen (secondary N) is 2. The standard InChI is InChI=1S/C23H32FN3O3.HI/c1-4-28-11-12-29-17-20-8-5-7-19(13-20)16-27-23(25-3)26-15-18(2)30-22-10-6-9-21(24)14-22;/h5-10,13-14,18H,4,11-12,15-17H2,1-3H3,(H2,25,26,27);1H. The van der Waals surface area contributed by atoms with E-state index in [1.807, 2.05) is 26.0 Å². The second kappa shape index (κ2) is 15.8. The third-order valence-electron chi connectivity index (χ3n) is 4.21. The summed E-state index contributed by atoms with van der Waals surface area (Å²) in [4.78, 5) is 4.24. The van der Waals surface area contributed by atoms with Gasteiger partial charge in [0.25, 0.3) is 0 Å². The Hall–Kier alpha value is -1.91. The Morgan fingerprint density at radius 1 is 1.03 bits per heavy atom. The van der Waals surface area contributed by atoms with Gasteiger partial charge in [-0.05, 0) is 37.1 Å². The van der Waals surface area contributed by atoms with Crippen molar-refractivity contribution in [2.75, 3.05) is 33.4 Å². The molecular formula is C23H33FIN3O3. The molecule has 1 unspecified atom stereocenters. The van der Waals surface area contributed by atoms with Gasteiger partial charge in [0.15, 0.2) is 5.96 Å². The van der Waals surface area contributed by atoms with Crippen molar-refractivity contribution >= 4 is 29.9 Å². The summed E-state index contributed by atoms with van der Waals surface area (Å²) in [6.45, 7) is 7.51. The van der Waals surface area contributed by atoms with Crippen molar-refractivity contribution in [1.29, 1.82) is 0 Å². The number of aliphatic imine (C=N–C) groups is 1. The van der Waals surface area contributed by atoms with Gasteiger partial charge in [-0.25, -0.2) is 4.39 Å². The van der Waals surface area contributed by atoms with Crippen molar-refractivity contribution in [2.45, 2.75) is 33.1 Å². The molecule has 0 aliphatic carbocycles. The number of halogens is 2. The first-order chi connectivity index (χ1) is 14.6. The molecule has 2 rings (SSSR count). The first-order valence-corrected chi connectivity index (χ1v) is 10.2. The Labute approximate surface area is 201 Å². The van der Waals surface area contributed by atoms with Crippen LogP contribution in [0.4, 0.5) is 4.39 Å². The quantitative estimate of drug-likeness (QED) is 0.182. The van der Waals surface area contributed by atoms with E-state index in [-0.39, 0.29) is 35.9 Å². The SMILES string of the molecule is CCOCCOCc1cccc(CNC(=NC)NCC(C)Oc2cccc(F)c2)c1.I. The Bertz CT molecular complexity index is 792. The van der Waals surface area contributed by atoms with Crippen LogP contribution in [-0.2, 0) is 22.6 Å². The molecule has 2 aromatic rings. The van der Waals surface area contributed by atoms with Crippen LogP contribution in [-0.4, -0.2) is 45.5 Å². The van der Waals surface area contributed by atoms with Crippen molar-refractivity contribution in [3.63, 3.8) is 0 Å². The second-order valence-corrected chi connectivity index (χ2v) is 6.76. The highest BCUT2D eigenvalue weighted by atomic mass is 127. The van der Waals surface area contributed by atoms with Crippen molar-refractivity contribution < 1.29 is 18.6 Å². The summed E-state index contributed by atoms with van der Waals surface area (Å²) in [5.41, 5.74) is 2.25. The van der Waals surface area contributed by atoms with E-state index >= 15 is 0 Å². The summed E-state index contributed by atoms with van der Waals surface area (Å²) >= 11 is 0. The largest absolute Gasteiger partial charge is 0.489 e. The van der Waals surface area contributed by atoms with Crippen LogP contribution in [0.15, 0.2) is 53.5 Å². The molecule has 0 radical (unpaired) electrons. The molecule has 8 heteroatoms. The third kappa shape index (κ3) is 11.3. The molecule has 1 atom stereocenters. The lowest BCUT2D eigenvalue weighted by atomic mass is 10.1. The van der Waals surface area contributed by atoms with Crippen LogP contribution in [0.3, 0.4) is 0 Å². The zero-order chi connectivity index (χ0) is 21.6. The predicted molar refractivity (Wildman–Crippen MR) is 133 cm³/mol. The molecular weight excluding hydrogens is 512 g/mol. The van der Waals surface area contributed by atoms with Crippen molar-refractivity contribution in [3.05, 3.63) is 65.5 Å². The number of hydrogen-bond donors (Lipinski definition) is 2. The van der Waals surface area contributed by atoms with Crippen LogP contribution < -0.4 is 15.4 Å². The summed E-state index contributed by atoms with van der Waals surface area (Å²) in [7, 11) is 1.72. The lowest BCUT2D eigenvalue weighted by Crippen LogP contribution is -2.41. The average molecular weight is 545 g/mol. The molecule has 0 fully saturated rings. The van der Waals surface area contributed by atoms with E-state index < -0.39 is 0 Å². The van der Waals surface area contributed by atoms with Crippen LogP contribution in [0.25, 0.3) is 0 Å². The summed E-state index contributed by atoms with van der Waals surface area (Å²) < 4.78 is 29.9. The number of guanidine groups is 1. The Balaban J connectivity index is 0.00000480. The zero-order valence-corrected chi connectivity index (χ0v) is 20.7. The maximum Gasteiger partial charge on any atom is 0.191 e. The number of ether oxygens (including phenoxy) is 3. The maximum absolute atomic E-state index is 13.3. The van der Waals surface area contributed by atoms with Crippen molar-refractivity contribution in [2.24, 2.45) is 4.99 Å². The van der Waals surface area contributed by atoms with Gasteiger partial charge in [-0.2, -0.15) is 0 Å². The molecule has 2 N–H and O–H groups in total. The molecule has 6 nitrogen and oxygen atoms in total. The fourth-order valence-corrected chi connectivity index (χ4v) is 2.74. The van der Waals surface area contributed by atoms with Crippen LogP contribution in [0.1, 0.15) is 25.0 Å². The second-order valence-electron chi connectivity index (χ2n) is 6.76. The van der Waals surface area contributed by atoms with E-state index in [1.165, 1.54) is 12.1 Å². The van der Waals surface area contributed by atoms with Crippen LogP contribution in [0, 0.1) is 5.82 Å². The van der Waals surface area contributed by atoms with Gasteiger partial charge in [-0.1, -0.05) is 30.3 Å². The monoisotopic (exact) mass is 545 g/mol. The van der Waals surface area contributed by atoms with E-state index in [9.17, 15) is 4.39 Å². The van der Waals surface area contributed by atoms with Gasteiger partial charge in [-0.15, -0.1) is 24.0 Å². The summed E-state index contributed by atoms with van der Waals surface area (Å²) in [6.07, 6.45) is -0.150. The third-order valence-corrected chi connectivity index (χ3v) is 4.21. The minimum absolute atomic E-state index is 0. The number of rotatable bonds is 12. The molecule has 0 saturated carbocycles. The van der Waals surface area contributed by atoms with Gasteiger partial charge in [0.2, 0.25) is 0 Å². The first kappa shape index (κ1) is 27.1. The van der Waals surface area contributed by atoms with E-state index in [0.717, 1.165) is 11.1 Å². The average Bonchev–Trinajstić information content (AvgIpc) is 2.74. The highest BCUT2D eigenvalue weighted by molar-refractivity contribution is 14.0. The minimum atomic E-state index is -0.313. The molecule has 0 amide bonds. The lowest BCUT2D eigenvalue weighted by molar-refractivity contribution is 0.0453. The fraction of sp³-hybridized carbons (Fsp3) is 0.435. The van der Waals surface area contributed by atoms with E-state index in [4.69, 9.17) is 14.2 Å². The molecule has 0 heterocycles. The van der Waals surface area contributed by atoms with E-state index in [1.54, 1.807) is 19.2 Å². The fourth-order valence-electron chi connectivity index (χ4n) is 2.74. The normalized spacial score (nSPS) is 12.1. The van der Waals surface area contributed by atoms with Gasteiger partial charge in [0, 0.05) is 26.3 Å². The summed E-state index contributed by atoms with van der Waals surface area (Å²) in [6, 6.07) is 14.4. The smallest absolute Gasteiger partial charge is 0.191 e. The molecule has 0 bridgehead atoms. The molecule has 0 aliphatic rings. The van der Waals surface area contributed by atoms with E-state index in [0.29, 0.717) is 51.2 Å². The highest BCUT2D eigenvalue weighted by Gasteiger charge is 2.07. The topological polar surface area (TPSA) is 64.1 Å². The maximum atomic E-state index is 13.3. The molecule has 2 aromatic carbocycles. The van der Waals surface area contributed by atoms with Crippen LogP contribution in [0.5, 0.6) is 5.75 Å². The molecule has 0 spiro atoms. The van der Waals surface area contributed by atoms with Crippen LogP contribution >= 0.6 is 24.0 Å². The molecule has 0 aliphatic heterocycles. The molecule has 172 valence electrons. The number of nitrogens with zero attached hydrogens (tertiary/aromatic N) is 1. The lowest BCUT2D eigenvalue weighted by Gasteiger charge is -2.18. The van der Waals surface area contributed by atoms with Gasteiger partial charge in [0.05, 0.1) is 26.4 Å².